The molecule has 0 saturated carbocycles. The van der Waals surface area contributed by atoms with E-state index in [-0.39, 0.29) is 0 Å². The maximum absolute atomic E-state index is 13.2. The van der Waals surface area contributed by atoms with E-state index in [0.29, 0.717) is 11.0 Å². The molecular formula is C10H10F4N2O. The Labute approximate surface area is 94.8 Å². The second kappa shape index (κ2) is 5.03. The SMILES string of the molecule is CN(CC(F)F)C(=O)c1cc(N)c(F)cc1F. The molecule has 0 fully saturated rings. The Morgan fingerprint density at radius 1 is 1.35 bits per heavy atom. The summed E-state index contributed by atoms with van der Waals surface area (Å²) in [4.78, 5) is 12.2. The van der Waals surface area contributed by atoms with Gasteiger partial charge in [-0.1, -0.05) is 0 Å². The molecule has 1 aromatic carbocycles. The van der Waals surface area contributed by atoms with Crippen molar-refractivity contribution in [2.75, 3.05) is 19.3 Å². The van der Waals surface area contributed by atoms with Crippen molar-refractivity contribution in [2.45, 2.75) is 6.43 Å². The first kappa shape index (κ1) is 13.3. The minimum absolute atomic E-state index is 0.416. The van der Waals surface area contributed by atoms with Crippen LogP contribution < -0.4 is 5.73 Å². The van der Waals surface area contributed by atoms with Gasteiger partial charge >= 0.3 is 0 Å². The van der Waals surface area contributed by atoms with E-state index in [2.05, 4.69) is 0 Å². The zero-order chi connectivity index (χ0) is 13.2. The van der Waals surface area contributed by atoms with E-state index in [1.807, 2.05) is 0 Å². The predicted octanol–water partition coefficient (Wildman–Crippen LogP) is 1.88. The molecule has 0 heterocycles. The minimum Gasteiger partial charge on any atom is -0.396 e. The number of nitrogens with two attached hydrogens (primary N) is 1. The maximum atomic E-state index is 13.2. The second-order valence-corrected chi connectivity index (χ2v) is 3.43. The van der Waals surface area contributed by atoms with Gasteiger partial charge in [-0.3, -0.25) is 4.79 Å². The largest absolute Gasteiger partial charge is 0.396 e. The lowest BCUT2D eigenvalue weighted by molar-refractivity contribution is 0.0616. The van der Waals surface area contributed by atoms with Crippen LogP contribution in [0.5, 0.6) is 0 Å². The molecule has 17 heavy (non-hydrogen) atoms. The molecule has 1 rings (SSSR count). The van der Waals surface area contributed by atoms with Crippen LogP contribution >= 0.6 is 0 Å². The molecule has 0 unspecified atom stereocenters. The molecule has 1 amide bonds. The molecule has 7 heteroatoms. The number of carbonyl (C=O) groups is 1. The van der Waals surface area contributed by atoms with Crippen molar-refractivity contribution in [3.63, 3.8) is 0 Å². The van der Waals surface area contributed by atoms with E-state index in [4.69, 9.17) is 5.73 Å². The minimum atomic E-state index is -2.73. The van der Waals surface area contributed by atoms with E-state index in [0.717, 1.165) is 13.1 Å². The molecule has 94 valence electrons. The van der Waals surface area contributed by atoms with Crippen LogP contribution in [0.15, 0.2) is 12.1 Å². The highest BCUT2D eigenvalue weighted by Crippen LogP contribution is 2.18. The van der Waals surface area contributed by atoms with Gasteiger partial charge in [0.15, 0.2) is 0 Å². The van der Waals surface area contributed by atoms with Crippen LogP contribution in [-0.2, 0) is 0 Å². The number of nitrogens with zero attached hydrogens (tertiary/aromatic N) is 1. The van der Waals surface area contributed by atoms with Crippen LogP contribution in [-0.4, -0.2) is 30.8 Å². The fourth-order valence-corrected chi connectivity index (χ4v) is 1.23. The van der Waals surface area contributed by atoms with Crippen LogP contribution in [0.4, 0.5) is 23.2 Å². The van der Waals surface area contributed by atoms with Gasteiger partial charge in [0, 0.05) is 13.1 Å². The highest BCUT2D eigenvalue weighted by molar-refractivity contribution is 5.95. The Morgan fingerprint density at radius 2 is 1.94 bits per heavy atom. The van der Waals surface area contributed by atoms with E-state index < -0.39 is 41.8 Å². The van der Waals surface area contributed by atoms with Crippen LogP contribution in [0.2, 0.25) is 0 Å². The first-order valence-corrected chi connectivity index (χ1v) is 4.61. The molecule has 2 N–H and O–H groups in total. The van der Waals surface area contributed by atoms with E-state index >= 15 is 0 Å². The number of benzene rings is 1. The third-order valence-electron chi connectivity index (χ3n) is 2.08. The lowest BCUT2D eigenvalue weighted by atomic mass is 10.1. The van der Waals surface area contributed by atoms with Gasteiger partial charge in [0.05, 0.1) is 17.8 Å². The van der Waals surface area contributed by atoms with E-state index in [1.165, 1.54) is 0 Å². The summed E-state index contributed by atoms with van der Waals surface area (Å²) in [5, 5.41) is 0. The van der Waals surface area contributed by atoms with Gasteiger partial charge in [-0.2, -0.15) is 0 Å². The van der Waals surface area contributed by atoms with Crippen LogP contribution in [0.3, 0.4) is 0 Å². The number of halogens is 4. The van der Waals surface area contributed by atoms with Gasteiger partial charge in [0.25, 0.3) is 12.3 Å². The zero-order valence-corrected chi connectivity index (χ0v) is 8.88. The second-order valence-electron chi connectivity index (χ2n) is 3.43. The number of anilines is 1. The van der Waals surface area contributed by atoms with Crippen molar-refractivity contribution in [1.29, 1.82) is 0 Å². The standard InChI is InChI=1S/C10H10F4N2O/c1-16(4-9(13)14)10(17)5-2-8(15)7(12)3-6(5)11/h2-3,9H,4,15H2,1H3. The highest BCUT2D eigenvalue weighted by Gasteiger charge is 2.20. The highest BCUT2D eigenvalue weighted by atomic mass is 19.3. The topological polar surface area (TPSA) is 46.3 Å². The number of nitrogen functional groups attached to an aromatic ring is 1. The number of hydrogen-bond acceptors (Lipinski definition) is 2. The van der Waals surface area contributed by atoms with Crippen LogP contribution in [0, 0.1) is 11.6 Å². The summed E-state index contributed by atoms with van der Waals surface area (Å²) < 4.78 is 50.1. The van der Waals surface area contributed by atoms with Gasteiger partial charge < -0.3 is 10.6 Å². The van der Waals surface area contributed by atoms with Crippen molar-refractivity contribution in [3.8, 4) is 0 Å². The van der Waals surface area contributed by atoms with Gasteiger partial charge in [0.2, 0.25) is 0 Å². The fourth-order valence-electron chi connectivity index (χ4n) is 1.23. The Kier molecular flexibility index (Phi) is 3.93. The predicted molar refractivity (Wildman–Crippen MR) is 53.7 cm³/mol. The number of rotatable bonds is 3. The molecule has 3 nitrogen and oxygen atoms in total. The Morgan fingerprint density at radius 3 is 2.47 bits per heavy atom. The molecule has 0 saturated heterocycles. The van der Waals surface area contributed by atoms with E-state index in [9.17, 15) is 22.4 Å². The lowest BCUT2D eigenvalue weighted by Gasteiger charge is -2.17. The lowest BCUT2D eigenvalue weighted by Crippen LogP contribution is -2.32. The number of amides is 1. The van der Waals surface area contributed by atoms with Crippen molar-refractivity contribution in [1.82, 2.24) is 4.90 Å². The molecule has 0 radical (unpaired) electrons. The summed E-state index contributed by atoms with van der Waals surface area (Å²) in [7, 11) is 1.09. The number of hydrogen-bond donors (Lipinski definition) is 1. The molecular weight excluding hydrogens is 240 g/mol. The summed E-state index contributed by atoms with van der Waals surface area (Å²) in [6.07, 6.45) is -2.73. The third-order valence-corrected chi connectivity index (χ3v) is 2.08. The average molecular weight is 250 g/mol. The van der Waals surface area contributed by atoms with Crippen molar-refractivity contribution < 1.29 is 22.4 Å². The molecule has 0 aromatic heterocycles. The third kappa shape index (κ3) is 3.08. The quantitative estimate of drug-likeness (QED) is 0.657. The van der Waals surface area contributed by atoms with Crippen LogP contribution in [0.25, 0.3) is 0 Å². The molecule has 0 aliphatic heterocycles. The Hall–Kier alpha value is -1.79. The van der Waals surface area contributed by atoms with Crippen molar-refractivity contribution in [3.05, 3.63) is 29.3 Å². The summed E-state index contributed by atoms with van der Waals surface area (Å²) in [5.74, 6) is -3.12. The van der Waals surface area contributed by atoms with Gasteiger partial charge in [-0.15, -0.1) is 0 Å². The van der Waals surface area contributed by atoms with Gasteiger partial charge in [-0.25, -0.2) is 17.6 Å². The number of alkyl halides is 2. The first-order chi connectivity index (χ1) is 7.82. The Bertz CT molecular complexity index is 437. The van der Waals surface area contributed by atoms with Gasteiger partial charge in [0.1, 0.15) is 11.6 Å². The smallest absolute Gasteiger partial charge is 0.256 e. The first-order valence-electron chi connectivity index (χ1n) is 4.61. The summed E-state index contributed by atoms with van der Waals surface area (Å²) in [5.41, 5.74) is 4.22. The molecule has 0 aliphatic rings. The molecule has 0 atom stereocenters. The molecule has 0 spiro atoms. The van der Waals surface area contributed by atoms with Crippen molar-refractivity contribution in [2.24, 2.45) is 0 Å². The zero-order valence-electron chi connectivity index (χ0n) is 8.88. The van der Waals surface area contributed by atoms with Crippen molar-refractivity contribution >= 4 is 11.6 Å². The molecule has 1 aromatic rings. The van der Waals surface area contributed by atoms with E-state index in [1.54, 1.807) is 0 Å². The molecule has 0 aliphatic carbocycles. The normalized spacial score (nSPS) is 10.7. The summed E-state index contributed by atoms with van der Waals surface area (Å²) in [6, 6.07) is 1.23. The number of carbonyl (C=O) groups excluding carboxylic acids is 1. The molecule has 0 bridgehead atoms. The maximum Gasteiger partial charge on any atom is 0.256 e. The monoisotopic (exact) mass is 250 g/mol. The fraction of sp³-hybridized carbons (Fsp3) is 0.300. The Balaban J connectivity index is 3.00. The summed E-state index contributed by atoms with van der Waals surface area (Å²) >= 11 is 0. The average Bonchev–Trinajstić information content (AvgIpc) is 2.21. The van der Waals surface area contributed by atoms with Gasteiger partial charge in [-0.05, 0) is 6.07 Å². The van der Waals surface area contributed by atoms with Crippen LogP contribution in [0.1, 0.15) is 10.4 Å². The summed E-state index contributed by atoms with van der Waals surface area (Å²) in [6.45, 7) is -0.838.